The fraction of sp³-hybridized carbons (Fsp3) is 0.263. The van der Waals surface area contributed by atoms with Gasteiger partial charge in [-0.05, 0) is 36.6 Å². The predicted octanol–water partition coefficient (Wildman–Crippen LogP) is 3.90. The van der Waals surface area contributed by atoms with Crippen molar-refractivity contribution in [1.82, 2.24) is 0 Å². The number of carbonyl (C=O) groups is 2. The molecule has 1 amide bonds. The van der Waals surface area contributed by atoms with Crippen LogP contribution in [-0.4, -0.2) is 22.9 Å². The van der Waals surface area contributed by atoms with Crippen LogP contribution in [0.1, 0.15) is 42.6 Å². The molecule has 0 saturated heterocycles. The number of hydrogen-bond acceptors (Lipinski definition) is 5. The molecule has 0 aliphatic carbocycles. The number of nitrogens with zero attached hydrogens (tertiary/aromatic N) is 1. The molecule has 0 fully saturated rings. The number of rotatable bonds is 6. The van der Waals surface area contributed by atoms with Crippen molar-refractivity contribution in [2.75, 3.05) is 5.32 Å². The number of esters is 1. The molecular formula is C19H20N2O5. The van der Waals surface area contributed by atoms with E-state index in [9.17, 15) is 19.7 Å². The molecule has 26 heavy (non-hydrogen) atoms. The molecule has 0 spiro atoms. The Labute approximate surface area is 151 Å². The summed E-state index contributed by atoms with van der Waals surface area (Å²) in [6.07, 6.45) is -1.05. The molecular weight excluding hydrogens is 336 g/mol. The second-order valence-electron chi connectivity index (χ2n) is 6.12. The molecule has 0 unspecified atom stereocenters. The number of ether oxygens (including phenoxy) is 1. The molecule has 0 bridgehead atoms. The highest BCUT2D eigenvalue weighted by atomic mass is 16.6. The van der Waals surface area contributed by atoms with Gasteiger partial charge in [0, 0.05) is 17.8 Å². The normalized spacial score (nSPS) is 11.7. The standard InChI is InChI=1S/C19H20N2O5/c1-12(2)14-7-9-15(10-8-14)19(23)26-13(3)18(22)20-16-5-4-6-17(11-16)21(24)25/h4-13H,1-3H3,(H,20,22)/t13-/m1/s1. The van der Waals surface area contributed by atoms with Gasteiger partial charge in [0.05, 0.1) is 10.5 Å². The first-order chi connectivity index (χ1) is 12.3. The highest BCUT2D eigenvalue weighted by Crippen LogP contribution is 2.18. The molecule has 7 nitrogen and oxygen atoms in total. The van der Waals surface area contributed by atoms with Crippen molar-refractivity contribution in [2.24, 2.45) is 0 Å². The van der Waals surface area contributed by atoms with Crippen LogP contribution in [0, 0.1) is 10.1 Å². The minimum Gasteiger partial charge on any atom is -0.449 e. The average molecular weight is 356 g/mol. The van der Waals surface area contributed by atoms with Gasteiger partial charge in [-0.15, -0.1) is 0 Å². The van der Waals surface area contributed by atoms with E-state index in [1.54, 1.807) is 12.1 Å². The third kappa shape index (κ3) is 4.89. The van der Waals surface area contributed by atoms with Crippen LogP contribution in [0.15, 0.2) is 48.5 Å². The molecule has 0 saturated carbocycles. The number of carbonyl (C=O) groups excluding carboxylic acids is 2. The van der Waals surface area contributed by atoms with Crippen LogP contribution in [0.25, 0.3) is 0 Å². The van der Waals surface area contributed by atoms with E-state index in [0.29, 0.717) is 11.5 Å². The third-order valence-electron chi connectivity index (χ3n) is 3.79. The number of nitrogens with one attached hydrogen (secondary N) is 1. The number of nitro groups is 1. The fourth-order valence-electron chi connectivity index (χ4n) is 2.23. The fourth-order valence-corrected chi connectivity index (χ4v) is 2.23. The van der Waals surface area contributed by atoms with E-state index in [2.05, 4.69) is 5.32 Å². The number of anilines is 1. The molecule has 2 aromatic carbocycles. The van der Waals surface area contributed by atoms with Gasteiger partial charge in [0.1, 0.15) is 0 Å². The Kier molecular flexibility index (Phi) is 6.06. The van der Waals surface area contributed by atoms with E-state index in [1.807, 2.05) is 26.0 Å². The summed E-state index contributed by atoms with van der Waals surface area (Å²) in [6, 6.07) is 12.5. The van der Waals surface area contributed by atoms with Gasteiger partial charge in [0.15, 0.2) is 6.10 Å². The van der Waals surface area contributed by atoms with E-state index in [0.717, 1.165) is 5.56 Å². The van der Waals surface area contributed by atoms with Gasteiger partial charge in [-0.3, -0.25) is 14.9 Å². The number of nitro benzene ring substituents is 1. The predicted molar refractivity (Wildman–Crippen MR) is 97.1 cm³/mol. The SMILES string of the molecule is CC(C)c1ccc(C(=O)O[C@H](C)C(=O)Nc2cccc([N+](=O)[O-])c2)cc1. The van der Waals surface area contributed by atoms with Crippen LogP contribution < -0.4 is 5.32 Å². The molecule has 136 valence electrons. The lowest BCUT2D eigenvalue weighted by Crippen LogP contribution is -2.30. The van der Waals surface area contributed by atoms with Gasteiger partial charge in [0.25, 0.3) is 11.6 Å². The maximum Gasteiger partial charge on any atom is 0.338 e. The van der Waals surface area contributed by atoms with Gasteiger partial charge >= 0.3 is 5.97 Å². The summed E-state index contributed by atoms with van der Waals surface area (Å²) < 4.78 is 5.16. The molecule has 0 aliphatic heterocycles. The number of hydrogen-bond donors (Lipinski definition) is 1. The largest absolute Gasteiger partial charge is 0.449 e. The highest BCUT2D eigenvalue weighted by molar-refractivity contribution is 5.97. The van der Waals surface area contributed by atoms with Gasteiger partial charge in [-0.25, -0.2) is 4.79 Å². The van der Waals surface area contributed by atoms with Crippen LogP contribution in [0.3, 0.4) is 0 Å². The Morgan fingerprint density at radius 3 is 2.31 bits per heavy atom. The molecule has 0 heterocycles. The number of non-ortho nitro benzene ring substituents is 1. The highest BCUT2D eigenvalue weighted by Gasteiger charge is 2.20. The van der Waals surface area contributed by atoms with Crippen LogP contribution in [0.4, 0.5) is 11.4 Å². The molecule has 1 N–H and O–H groups in total. The lowest BCUT2D eigenvalue weighted by Gasteiger charge is -2.14. The lowest BCUT2D eigenvalue weighted by molar-refractivity contribution is -0.384. The summed E-state index contributed by atoms with van der Waals surface area (Å²) in [4.78, 5) is 34.5. The maximum atomic E-state index is 12.1. The van der Waals surface area contributed by atoms with Crippen molar-refractivity contribution in [3.05, 3.63) is 69.8 Å². The number of amides is 1. The quantitative estimate of drug-likeness (QED) is 0.481. The number of benzene rings is 2. The molecule has 2 aromatic rings. The lowest BCUT2D eigenvalue weighted by atomic mass is 10.0. The van der Waals surface area contributed by atoms with E-state index < -0.39 is 22.9 Å². The summed E-state index contributed by atoms with van der Waals surface area (Å²) in [5.74, 6) is -0.834. The van der Waals surface area contributed by atoms with Crippen LogP contribution >= 0.6 is 0 Å². The summed E-state index contributed by atoms with van der Waals surface area (Å²) in [7, 11) is 0. The van der Waals surface area contributed by atoms with Gasteiger partial charge in [-0.1, -0.05) is 32.0 Å². The first-order valence-electron chi connectivity index (χ1n) is 8.14. The van der Waals surface area contributed by atoms with Crippen LogP contribution in [0.2, 0.25) is 0 Å². The topological polar surface area (TPSA) is 98.5 Å². The van der Waals surface area contributed by atoms with Crippen molar-refractivity contribution in [2.45, 2.75) is 32.8 Å². The van der Waals surface area contributed by atoms with Gasteiger partial charge in [-0.2, -0.15) is 0 Å². The molecule has 1 atom stereocenters. The zero-order valence-corrected chi connectivity index (χ0v) is 14.8. The third-order valence-corrected chi connectivity index (χ3v) is 3.79. The summed E-state index contributed by atoms with van der Waals surface area (Å²) in [5, 5.41) is 13.3. The molecule has 7 heteroatoms. The van der Waals surface area contributed by atoms with Crippen molar-refractivity contribution in [3.8, 4) is 0 Å². The Balaban J connectivity index is 1.98. The molecule has 0 radical (unpaired) electrons. The first kappa shape index (κ1) is 19.1. The zero-order valence-electron chi connectivity index (χ0n) is 14.8. The van der Waals surface area contributed by atoms with Crippen LogP contribution in [0.5, 0.6) is 0 Å². The summed E-state index contributed by atoms with van der Waals surface area (Å²) >= 11 is 0. The van der Waals surface area contributed by atoms with E-state index in [4.69, 9.17) is 4.74 Å². The summed E-state index contributed by atoms with van der Waals surface area (Å²) in [5.41, 5.74) is 1.56. The second-order valence-corrected chi connectivity index (χ2v) is 6.12. The van der Waals surface area contributed by atoms with E-state index >= 15 is 0 Å². The Morgan fingerprint density at radius 2 is 1.73 bits per heavy atom. The molecule has 0 aliphatic rings. The van der Waals surface area contributed by atoms with E-state index in [1.165, 1.54) is 31.2 Å². The summed E-state index contributed by atoms with van der Waals surface area (Å²) in [6.45, 7) is 5.54. The minimum atomic E-state index is -1.05. The van der Waals surface area contributed by atoms with Crippen molar-refractivity contribution >= 4 is 23.3 Å². The first-order valence-corrected chi connectivity index (χ1v) is 8.14. The average Bonchev–Trinajstić information content (AvgIpc) is 2.61. The smallest absolute Gasteiger partial charge is 0.338 e. The van der Waals surface area contributed by atoms with Gasteiger partial charge < -0.3 is 10.1 Å². The Bertz CT molecular complexity index is 815. The van der Waals surface area contributed by atoms with Gasteiger partial charge in [0.2, 0.25) is 0 Å². The van der Waals surface area contributed by atoms with Crippen molar-refractivity contribution in [1.29, 1.82) is 0 Å². The minimum absolute atomic E-state index is 0.141. The molecule has 0 aromatic heterocycles. The Morgan fingerprint density at radius 1 is 1.08 bits per heavy atom. The van der Waals surface area contributed by atoms with Crippen molar-refractivity contribution in [3.63, 3.8) is 0 Å². The monoisotopic (exact) mass is 356 g/mol. The maximum absolute atomic E-state index is 12.1. The van der Waals surface area contributed by atoms with E-state index in [-0.39, 0.29) is 11.4 Å². The second kappa shape index (κ2) is 8.24. The van der Waals surface area contributed by atoms with Crippen molar-refractivity contribution < 1.29 is 19.2 Å². The Hall–Kier alpha value is -3.22. The molecule has 2 rings (SSSR count). The van der Waals surface area contributed by atoms with Crippen LogP contribution in [-0.2, 0) is 9.53 Å². The zero-order chi connectivity index (χ0) is 19.3.